The van der Waals surface area contributed by atoms with Gasteiger partial charge in [0.1, 0.15) is 16.4 Å². The molecule has 1 aliphatic rings. The predicted octanol–water partition coefficient (Wildman–Crippen LogP) is 6.09. The minimum atomic E-state index is -0.318. The Bertz CT molecular complexity index is 858. The van der Waals surface area contributed by atoms with Crippen molar-refractivity contribution in [2.24, 2.45) is 11.1 Å². The van der Waals surface area contributed by atoms with Gasteiger partial charge in [0.25, 0.3) is 6.47 Å². The lowest BCUT2D eigenvalue weighted by atomic mass is 9.91. The number of nitrogens with two attached hydrogens (primary N) is 1. The van der Waals surface area contributed by atoms with Gasteiger partial charge in [0.15, 0.2) is 0 Å². The lowest BCUT2D eigenvalue weighted by Crippen LogP contribution is -2.34. The zero-order valence-corrected chi connectivity index (χ0v) is 23.6. The van der Waals surface area contributed by atoms with Crippen LogP contribution in [0, 0.1) is 5.92 Å². The topological polar surface area (TPSA) is 93.4 Å². The zero-order chi connectivity index (χ0) is 26.5. The van der Waals surface area contributed by atoms with Gasteiger partial charge in [-0.2, -0.15) is 0 Å². The van der Waals surface area contributed by atoms with Crippen LogP contribution in [0.1, 0.15) is 79.5 Å². The molecule has 0 radical (unpaired) electrons. The number of nitrogens with zero attached hydrogens (tertiary/aromatic N) is 3. The summed E-state index contributed by atoms with van der Waals surface area (Å²) in [7, 11) is 2.23. The molecule has 0 saturated carbocycles. The second-order valence-electron chi connectivity index (χ2n) is 10.1. The molecule has 2 atom stereocenters. The number of carbonyl (C=O) groups is 1. The van der Waals surface area contributed by atoms with Crippen LogP contribution >= 0.6 is 11.9 Å². The van der Waals surface area contributed by atoms with E-state index in [1.165, 1.54) is 31.3 Å². The summed E-state index contributed by atoms with van der Waals surface area (Å²) in [4.78, 5) is 21.2. The highest BCUT2D eigenvalue weighted by atomic mass is 32.2. The molecule has 0 aliphatic carbocycles. The Kier molecular flexibility index (Phi) is 13.3. The Morgan fingerprint density at radius 3 is 2.46 bits per heavy atom. The highest BCUT2D eigenvalue weighted by molar-refractivity contribution is 7.97. The molecule has 3 heterocycles. The summed E-state index contributed by atoms with van der Waals surface area (Å²) >= 11 is 1.17. The van der Waals surface area contributed by atoms with Crippen LogP contribution in [-0.2, 0) is 9.53 Å². The van der Waals surface area contributed by atoms with E-state index in [-0.39, 0.29) is 11.6 Å². The quantitative estimate of drug-likeness (QED) is 0.330. The van der Waals surface area contributed by atoms with Gasteiger partial charge in [-0.05, 0) is 103 Å². The molecule has 3 rings (SSSR count). The number of likely N-dealkylation sites (tertiary alicyclic amines) is 1. The largest absolute Gasteiger partial charge is 0.462 e. The van der Waals surface area contributed by atoms with Crippen LogP contribution in [0.2, 0.25) is 0 Å². The Balaban J connectivity index is 0.000000587. The molecule has 3 N–H and O–H groups in total. The van der Waals surface area contributed by atoms with Crippen LogP contribution in [-0.4, -0.2) is 46.1 Å². The summed E-state index contributed by atoms with van der Waals surface area (Å²) in [6.45, 7) is 15.8. The SMILES string of the molecule is CC.CC(C)(C)OC=O.CN1CC(CCC(Nc2cccc(SN)n2)c2ccccn2)CC1(C)C. The van der Waals surface area contributed by atoms with Crippen LogP contribution in [0.4, 0.5) is 5.82 Å². The van der Waals surface area contributed by atoms with Crippen LogP contribution in [0.25, 0.3) is 0 Å². The van der Waals surface area contributed by atoms with E-state index in [0.29, 0.717) is 12.0 Å². The number of aromatic nitrogens is 2. The Morgan fingerprint density at radius 2 is 1.97 bits per heavy atom. The maximum absolute atomic E-state index is 9.60. The molecule has 7 nitrogen and oxygen atoms in total. The van der Waals surface area contributed by atoms with E-state index in [4.69, 9.17) is 5.14 Å². The second-order valence-corrected chi connectivity index (χ2v) is 10.8. The van der Waals surface area contributed by atoms with E-state index < -0.39 is 0 Å². The maximum atomic E-state index is 9.60. The number of hydrogen-bond acceptors (Lipinski definition) is 8. The van der Waals surface area contributed by atoms with Crippen molar-refractivity contribution in [3.63, 3.8) is 0 Å². The van der Waals surface area contributed by atoms with Crippen LogP contribution in [0.5, 0.6) is 0 Å². The number of rotatable bonds is 8. The molecule has 0 spiro atoms. The fraction of sp³-hybridized carbons (Fsp3) is 0.593. The van der Waals surface area contributed by atoms with Gasteiger partial charge in [-0.25, -0.2) is 4.98 Å². The first-order valence-corrected chi connectivity index (χ1v) is 13.3. The molecule has 0 aromatic carbocycles. The van der Waals surface area contributed by atoms with Gasteiger partial charge in [-0.1, -0.05) is 26.0 Å². The number of anilines is 1. The smallest absolute Gasteiger partial charge is 0.293 e. The number of carbonyl (C=O) groups excluding carboxylic acids is 1. The minimum absolute atomic E-state index is 0.149. The van der Waals surface area contributed by atoms with E-state index in [2.05, 4.69) is 51.9 Å². The molecule has 1 fully saturated rings. The fourth-order valence-corrected chi connectivity index (χ4v) is 4.22. The fourth-order valence-electron chi connectivity index (χ4n) is 3.92. The van der Waals surface area contributed by atoms with Crippen molar-refractivity contribution in [2.45, 2.75) is 89.9 Å². The number of nitrogens with one attached hydrogen (secondary N) is 1. The molecular formula is C27H45N5O2S. The van der Waals surface area contributed by atoms with Crippen LogP contribution in [0.3, 0.4) is 0 Å². The molecule has 2 aromatic rings. The van der Waals surface area contributed by atoms with E-state index in [1.54, 1.807) is 0 Å². The van der Waals surface area contributed by atoms with Gasteiger partial charge < -0.3 is 15.0 Å². The molecule has 1 saturated heterocycles. The van der Waals surface area contributed by atoms with Crippen LogP contribution < -0.4 is 10.5 Å². The standard InChI is InChI=1S/C20H29N5S.C5H10O2.C2H6/c1-20(2)13-15(14-25(20)3)10-11-17(16-7-4-5-12-22-16)23-18-8-6-9-19(24-18)26-21;1-5(2,3)7-4-6;1-2/h4-9,12,15,17H,10-11,13-14,21H2,1-3H3,(H,23,24);4H,1-3H3;1-2H3. The van der Waals surface area contributed by atoms with E-state index >= 15 is 0 Å². The number of hydrogen-bond donors (Lipinski definition) is 2. The summed E-state index contributed by atoms with van der Waals surface area (Å²) in [6.07, 6.45) is 5.31. The van der Waals surface area contributed by atoms with Gasteiger partial charge in [0.05, 0.1) is 11.7 Å². The van der Waals surface area contributed by atoms with Crippen molar-refractivity contribution in [2.75, 3.05) is 18.9 Å². The summed E-state index contributed by atoms with van der Waals surface area (Å²) in [5.74, 6) is 1.57. The van der Waals surface area contributed by atoms with E-state index in [1.807, 2.05) is 71.1 Å². The number of ether oxygens (including phenoxy) is 1. The molecule has 35 heavy (non-hydrogen) atoms. The van der Waals surface area contributed by atoms with E-state index in [0.717, 1.165) is 28.9 Å². The monoisotopic (exact) mass is 503 g/mol. The summed E-state index contributed by atoms with van der Waals surface area (Å²) in [6, 6.07) is 12.1. The summed E-state index contributed by atoms with van der Waals surface area (Å²) in [5.41, 5.74) is 1.04. The third kappa shape index (κ3) is 11.4. The average Bonchev–Trinajstić information content (AvgIpc) is 3.09. The second kappa shape index (κ2) is 15.1. The van der Waals surface area contributed by atoms with Gasteiger partial charge in [0, 0.05) is 18.3 Å². The zero-order valence-electron chi connectivity index (χ0n) is 22.7. The predicted molar refractivity (Wildman–Crippen MR) is 147 cm³/mol. The molecule has 2 unspecified atom stereocenters. The van der Waals surface area contributed by atoms with Crippen molar-refractivity contribution in [3.8, 4) is 0 Å². The van der Waals surface area contributed by atoms with Crippen LogP contribution in [0.15, 0.2) is 47.6 Å². The highest BCUT2D eigenvalue weighted by Crippen LogP contribution is 2.35. The summed E-state index contributed by atoms with van der Waals surface area (Å²) in [5, 5.41) is 10.0. The Hall–Kier alpha value is -2.16. The maximum Gasteiger partial charge on any atom is 0.293 e. The molecule has 8 heteroatoms. The molecule has 0 amide bonds. The van der Waals surface area contributed by atoms with Gasteiger partial charge in [-0.15, -0.1) is 0 Å². The first kappa shape index (κ1) is 30.9. The lowest BCUT2D eigenvalue weighted by Gasteiger charge is -2.26. The van der Waals surface area contributed by atoms with Gasteiger partial charge in [0.2, 0.25) is 0 Å². The molecule has 2 aromatic heterocycles. The highest BCUT2D eigenvalue weighted by Gasteiger charge is 2.35. The molecular weight excluding hydrogens is 458 g/mol. The third-order valence-electron chi connectivity index (χ3n) is 5.83. The Labute approximate surface area is 216 Å². The van der Waals surface area contributed by atoms with Gasteiger partial charge >= 0.3 is 0 Å². The van der Waals surface area contributed by atoms with Crippen molar-refractivity contribution >= 4 is 24.2 Å². The average molecular weight is 504 g/mol. The molecule has 0 bridgehead atoms. The normalized spacial score (nSPS) is 17.8. The first-order valence-electron chi connectivity index (χ1n) is 12.4. The van der Waals surface area contributed by atoms with Crippen molar-refractivity contribution in [1.82, 2.24) is 14.9 Å². The summed E-state index contributed by atoms with van der Waals surface area (Å²) < 4.78 is 4.55. The molecule has 196 valence electrons. The van der Waals surface area contributed by atoms with Gasteiger partial charge in [-0.3, -0.25) is 14.9 Å². The molecule has 1 aliphatic heterocycles. The number of pyridine rings is 2. The van der Waals surface area contributed by atoms with Crippen molar-refractivity contribution in [1.29, 1.82) is 0 Å². The minimum Gasteiger partial charge on any atom is -0.462 e. The third-order valence-corrected chi connectivity index (χ3v) is 6.30. The first-order chi connectivity index (χ1) is 16.5. The lowest BCUT2D eigenvalue weighted by molar-refractivity contribution is -0.138. The van der Waals surface area contributed by atoms with E-state index in [9.17, 15) is 4.79 Å². The van der Waals surface area contributed by atoms with Crippen molar-refractivity contribution < 1.29 is 9.53 Å². The Morgan fingerprint density at radius 1 is 1.26 bits per heavy atom. The van der Waals surface area contributed by atoms with Crippen molar-refractivity contribution in [3.05, 3.63) is 48.3 Å².